The van der Waals surface area contributed by atoms with Crippen molar-refractivity contribution in [3.05, 3.63) is 118 Å². The Kier molecular flexibility index (Phi) is 6.24. The molecule has 1 aliphatic rings. The Morgan fingerprint density at radius 1 is 0.892 bits per heavy atom. The molecule has 0 saturated carbocycles. The molecule has 37 heavy (non-hydrogen) atoms. The molecule has 8 heteroatoms. The van der Waals surface area contributed by atoms with Gasteiger partial charge in [-0.3, -0.25) is 9.69 Å². The SMILES string of the molecule is Cc1ccc2cc([C@@H](c3nnnn3Cc3ccccc3)N3CCN(c4ccccc4)CC3)c(=O)[nH]c2c1. The Morgan fingerprint density at radius 3 is 2.38 bits per heavy atom. The maximum Gasteiger partial charge on any atom is 0.253 e. The van der Waals surface area contributed by atoms with E-state index in [0.29, 0.717) is 17.9 Å². The summed E-state index contributed by atoms with van der Waals surface area (Å²) in [5, 5.41) is 13.8. The van der Waals surface area contributed by atoms with E-state index in [1.54, 1.807) is 0 Å². The highest BCUT2D eigenvalue weighted by Gasteiger charge is 2.32. The first-order valence-electron chi connectivity index (χ1n) is 12.6. The summed E-state index contributed by atoms with van der Waals surface area (Å²) in [4.78, 5) is 21.3. The van der Waals surface area contributed by atoms with Crippen LogP contribution in [0.3, 0.4) is 0 Å². The number of piperazine rings is 1. The molecule has 1 atom stereocenters. The van der Waals surface area contributed by atoms with Gasteiger partial charge in [0.1, 0.15) is 6.04 Å². The summed E-state index contributed by atoms with van der Waals surface area (Å²) in [5.41, 5.74) is 4.82. The van der Waals surface area contributed by atoms with E-state index in [-0.39, 0.29) is 11.6 Å². The zero-order chi connectivity index (χ0) is 25.2. The number of pyridine rings is 1. The molecule has 8 nitrogen and oxygen atoms in total. The molecule has 0 unspecified atom stereocenters. The number of hydrogen-bond acceptors (Lipinski definition) is 6. The first-order chi connectivity index (χ1) is 18.2. The molecule has 3 heterocycles. The number of nitrogens with zero attached hydrogens (tertiary/aromatic N) is 6. The van der Waals surface area contributed by atoms with Crippen molar-refractivity contribution in [2.24, 2.45) is 0 Å². The summed E-state index contributed by atoms with van der Waals surface area (Å²) in [6.07, 6.45) is 0. The molecule has 0 aliphatic carbocycles. The molecule has 0 amide bonds. The Bertz CT molecular complexity index is 1550. The number of fused-ring (bicyclic) bond motifs is 1. The summed E-state index contributed by atoms with van der Waals surface area (Å²) < 4.78 is 1.82. The quantitative estimate of drug-likeness (QED) is 0.389. The van der Waals surface area contributed by atoms with Crippen LogP contribution in [-0.2, 0) is 6.54 Å². The lowest BCUT2D eigenvalue weighted by Gasteiger charge is -2.39. The molecule has 0 bridgehead atoms. The minimum absolute atomic E-state index is 0.108. The molecule has 0 radical (unpaired) electrons. The van der Waals surface area contributed by atoms with E-state index in [2.05, 4.69) is 78.8 Å². The van der Waals surface area contributed by atoms with Gasteiger partial charge in [0.2, 0.25) is 0 Å². The van der Waals surface area contributed by atoms with Gasteiger partial charge in [-0.2, -0.15) is 0 Å². The van der Waals surface area contributed by atoms with E-state index < -0.39 is 0 Å². The fraction of sp³-hybridized carbons (Fsp3) is 0.241. The largest absolute Gasteiger partial charge is 0.369 e. The van der Waals surface area contributed by atoms with E-state index in [1.165, 1.54) is 5.69 Å². The molecule has 186 valence electrons. The van der Waals surface area contributed by atoms with Crippen molar-refractivity contribution in [1.29, 1.82) is 0 Å². The number of para-hydroxylation sites is 1. The van der Waals surface area contributed by atoms with Crippen molar-refractivity contribution in [3.8, 4) is 0 Å². The van der Waals surface area contributed by atoms with Crippen LogP contribution in [0.4, 0.5) is 5.69 Å². The van der Waals surface area contributed by atoms with Gasteiger partial charge >= 0.3 is 0 Å². The number of anilines is 1. The minimum Gasteiger partial charge on any atom is -0.369 e. The highest BCUT2D eigenvalue weighted by atomic mass is 16.1. The van der Waals surface area contributed by atoms with Gasteiger partial charge in [0.05, 0.1) is 6.54 Å². The average molecular weight is 492 g/mol. The van der Waals surface area contributed by atoms with Crippen LogP contribution in [0, 0.1) is 6.92 Å². The number of H-pyrrole nitrogens is 1. The number of nitrogens with one attached hydrogen (secondary N) is 1. The molecule has 5 aromatic rings. The smallest absolute Gasteiger partial charge is 0.253 e. The number of rotatable bonds is 6. The highest BCUT2D eigenvalue weighted by Crippen LogP contribution is 2.29. The van der Waals surface area contributed by atoms with Crippen LogP contribution in [0.1, 0.15) is 28.6 Å². The van der Waals surface area contributed by atoms with E-state index in [1.807, 2.05) is 48.0 Å². The average Bonchev–Trinajstić information content (AvgIpc) is 3.38. The lowest BCUT2D eigenvalue weighted by molar-refractivity contribution is 0.200. The topological polar surface area (TPSA) is 82.9 Å². The van der Waals surface area contributed by atoms with Crippen LogP contribution in [0.25, 0.3) is 10.9 Å². The molecule has 0 spiro atoms. The Morgan fingerprint density at radius 2 is 1.62 bits per heavy atom. The van der Waals surface area contributed by atoms with Gasteiger partial charge in [0, 0.05) is 42.9 Å². The van der Waals surface area contributed by atoms with Gasteiger partial charge in [-0.1, -0.05) is 60.7 Å². The summed E-state index contributed by atoms with van der Waals surface area (Å²) in [6.45, 7) is 5.83. The highest BCUT2D eigenvalue weighted by molar-refractivity contribution is 5.79. The third-order valence-electron chi connectivity index (χ3n) is 7.10. The standard InChI is InChI=1S/C29H29N7O/c1-21-12-13-23-19-25(29(37)30-26(23)18-21)27(28-31-32-33-36(28)20-22-8-4-2-5-9-22)35-16-14-34(15-17-35)24-10-6-3-7-11-24/h2-13,18-19,27H,14-17,20H2,1H3,(H,30,37)/t27-/m0/s1. The first kappa shape index (κ1) is 23.1. The second-order valence-electron chi connectivity index (χ2n) is 9.59. The van der Waals surface area contributed by atoms with Crippen molar-refractivity contribution in [3.63, 3.8) is 0 Å². The van der Waals surface area contributed by atoms with Crippen LogP contribution in [0.15, 0.2) is 89.7 Å². The fourth-order valence-electron chi connectivity index (χ4n) is 5.19. The number of aromatic amines is 1. The van der Waals surface area contributed by atoms with Gasteiger partial charge in [0.15, 0.2) is 5.82 Å². The summed E-state index contributed by atoms with van der Waals surface area (Å²) in [5.74, 6) is 0.675. The van der Waals surface area contributed by atoms with Gasteiger partial charge < -0.3 is 9.88 Å². The van der Waals surface area contributed by atoms with Gasteiger partial charge in [-0.05, 0) is 58.1 Å². The van der Waals surface area contributed by atoms with Gasteiger partial charge in [-0.25, -0.2) is 4.68 Å². The number of aryl methyl sites for hydroxylation is 1. The Balaban J connectivity index is 1.39. The van der Waals surface area contributed by atoms with E-state index >= 15 is 0 Å². The van der Waals surface area contributed by atoms with E-state index in [4.69, 9.17) is 0 Å². The van der Waals surface area contributed by atoms with Gasteiger partial charge in [0.25, 0.3) is 5.56 Å². The van der Waals surface area contributed by atoms with Crippen molar-refractivity contribution in [1.82, 2.24) is 30.1 Å². The predicted molar refractivity (Wildman–Crippen MR) is 145 cm³/mol. The second kappa shape index (κ2) is 9.99. The minimum atomic E-state index is -0.369. The Hall–Kier alpha value is -4.30. The first-order valence-corrected chi connectivity index (χ1v) is 12.6. The van der Waals surface area contributed by atoms with E-state index in [0.717, 1.165) is 48.2 Å². The molecule has 2 aromatic heterocycles. The number of aromatic nitrogens is 5. The maximum absolute atomic E-state index is 13.5. The van der Waals surface area contributed by atoms with Gasteiger partial charge in [-0.15, -0.1) is 5.10 Å². The second-order valence-corrected chi connectivity index (χ2v) is 9.59. The van der Waals surface area contributed by atoms with Crippen molar-refractivity contribution in [2.45, 2.75) is 19.5 Å². The molecule has 1 N–H and O–H groups in total. The van der Waals surface area contributed by atoms with E-state index in [9.17, 15) is 4.79 Å². The summed E-state index contributed by atoms with van der Waals surface area (Å²) in [7, 11) is 0. The van der Waals surface area contributed by atoms with Crippen LogP contribution in [0.2, 0.25) is 0 Å². The third kappa shape index (κ3) is 4.75. The molecular formula is C29H29N7O. The number of tetrazole rings is 1. The lowest BCUT2D eigenvalue weighted by atomic mass is 10.0. The van der Waals surface area contributed by atoms with Crippen molar-refractivity contribution < 1.29 is 0 Å². The molecule has 1 fully saturated rings. The zero-order valence-corrected chi connectivity index (χ0v) is 20.8. The van der Waals surface area contributed by atoms with Crippen molar-refractivity contribution in [2.75, 3.05) is 31.1 Å². The monoisotopic (exact) mass is 491 g/mol. The third-order valence-corrected chi connectivity index (χ3v) is 7.10. The predicted octanol–water partition coefficient (Wildman–Crippen LogP) is 3.78. The molecule has 1 saturated heterocycles. The fourth-order valence-corrected chi connectivity index (χ4v) is 5.19. The molecule has 1 aliphatic heterocycles. The van der Waals surface area contributed by atoms with Crippen LogP contribution >= 0.6 is 0 Å². The lowest BCUT2D eigenvalue weighted by Crippen LogP contribution is -2.49. The maximum atomic E-state index is 13.5. The van der Waals surface area contributed by atoms with Crippen molar-refractivity contribution >= 4 is 16.6 Å². The van der Waals surface area contributed by atoms with Crippen LogP contribution in [-0.4, -0.2) is 56.3 Å². The summed E-state index contributed by atoms with van der Waals surface area (Å²) in [6, 6.07) is 28.4. The number of hydrogen-bond donors (Lipinski definition) is 1. The van der Waals surface area contributed by atoms with Crippen LogP contribution < -0.4 is 10.5 Å². The number of benzene rings is 3. The molecule has 6 rings (SSSR count). The normalized spacial score (nSPS) is 15.2. The molecule has 3 aromatic carbocycles. The Labute approximate surface area is 215 Å². The summed E-state index contributed by atoms with van der Waals surface area (Å²) >= 11 is 0. The zero-order valence-electron chi connectivity index (χ0n) is 20.8. The van der Waals surface area contributed by atoms with Crippen LogP contribution in [0.5, 0.6) is 0 Å². The molecular weight excluding hydrogens is 462 g/mol.